The lowest BCUT2D eigenvalue weighted by atomic mass is 9.86. The Morgan fingerprint density at radius 1 is 1.43 bits per heavy atom. The van der Waals surface area contributed by atoms with Gasteiger partial charge in [-0.05, 0) is 5.41 Å². The number of nitrogens with zero attached hydrogens (tertiary/aromatic N) is 5. The van der Waals surface area contributed by atoms with Crippen LogP contribution in [0.15, 0.2) is 24.9 Å². The van der Waals surface area contributed by atoms with Crippen LogP contribution in [0.2, 0.25) is 0 Å². The summed E-state index contributed by atoms with van der Waals surface area (Å²) < 4.78 is 3.47. The molecule has 2 amide bonds. The Kier molecular flexibility index (Phi) is 4.25. The Morgan fingerprint density at radius 2 is 2.19 bits per heavy atom. The molecular formula is C13H21N7O. The topological polar surface area (TPSA) is 89.7 Å². The van der Waals surface area contributed by atoms with E-state index in [1.54, 1.807) is 25.8 Å². The van der Waals surface area contributed by atoms with Gasteiger partial charge in [0.2, 0.25) is 0 Å². The first kappa shape index (κ1) is 15.0. The molecule has 2 heterocycles. The van der Waals surface area contributed by atoms with Crippen molar-refractivity contribution in [1.29, 1.82) is 0 Å². The molecule has 2 N–H and O–H groups in total. The molecule has 2 rings (SSSR count). The van der Waals surface area contributed by atoms with Crippen LogP contribution < -0.4 is 10.6 Å². The Balaban J connectivity index is 1.99. The van der Waals surface area contributed by atoms with Crippen molar-refractivity contribution in [1.82, 2.24) is 29.9 Å². The number of carbonyl (C=O) groups excluding carboxylic acids is 1. The second-order valence-corrected chi connectivity index (χ2v) is 6.05. The molecule has 0 aliphatic rings. The molecular weight excluding hydrogens is 270 g/mol. The molecule has 1 unspecified atom stereocenters. The van der Waals surface area contributed by atoms with E-state index >= 15 is 0 Å². The molecule has 21 heavy (non-hydrogen) atoms. The van der Waals surface area contributed by atoms with Crippen LogP contribution in [0.4, 0.5) is 10.6 Å². The normalized spacial score (nSPS) is 13.0. The number of hydrogen-bond donors (Lipinski definition) is 2. The van der Waals surface area contributed by atoms with Crippen LogP contribution in [0.5, 0.6) is 0 Å². The van der Waals surface area contributed by atoms with Crippen LogP contribution in [0.3, 0.4) is 0 Å². The number of carbonyl (C=O) groups is 1. The molecule has 0 saturated heterocycles. The number of amides is 2. The number of anilines is 1. The van der Waals surface area contributed by atoms with Crippen LogP contribution in [0.25, 0.3) is 0 Å². The second-order valence-electron chi connectivity index (χ2n) is 6.05. The highest BCUT2D eigenvalue weighted by Crippen LogP contribution is 2.20. The molecule has 0 radical (unpaired) electrons. The lowest BCUT2D eigenvalue weighted by Crippen LogP contribution is -2.47. The molecule has 0 saturated carbocycles. The van der Waals surface area contributed by atoms with Gasteiger partial charge in [-0.2, -0.15) is 0 Å². The van der Waals surface area contributed by atoms with E-state index in [4.69, 9.17) is 0 Å². The summed E-state index contributed by atoms with van der Waals surface area (Å²) in [6.45, 7) is 6.89. The predicted molar refractivity (Wildman–Crippen MR) is 78.6 cm³/mol. The SMILES string of the molecule is Cn1cc(NC(=O)NC(Cn2ccnc2)C(C)(C)C)nn1. The molecule has 0 aliphatic heterocycles. The summed E-state index contributed by atoms with van der Waals surface area (Å²) in [4.78, 5) is 16.1. The maximum Gasteiger partial charge on any atom is 0.320 e. The Labute approximate surface area is 123 Å². The Hall–Kier alpha value is -2.38. The summed E-state index contributed by atoms with van der Waals surface area (Å²) in [5.41, 5.74) is -0.0933. The minimum absolute atomic E-state index is 0.0524. The standard InChI is InChI=1S/C13H21N7O/c1-13(2,3)10(7-20-6-5-14-9-20)15-12(21)16-11-8-19(4)18-17-11/h5-6,8-10H,7H2,1-4H3,(H2,15,16,21). The summed E-state index contributed by atoms with van der Waals surface area (Å²) in [6, 6.07) is -0.348. The number of hydrogen-bond acceptors (Lipinski definition) is 4. The summed E-state index contributed by atoms with van der Waals surface area (Å²) in [5.74, 6) is 0.422. The zero-order chi connectivity index (χ0) is 15.5. The van der Waals surface area contributed by atoms with Crippen molar-refractivity contribution < 1.29 is 4.79 Å². The van der Waals surface area contributed by atoms with Crippen LogP contribution in [-0.2, 0) is 13.6 Å². The van der Waals surface area contributed by atoms with Crippen molar-refractivity contribution in [2.75, 3.05) is 5.32 Å². The van der Waals surface area contributed by atoms with Gasteiger partial charge in [-0.1, -0.05) is 26.0 Å². The molecule has 0 aliphatic carbocycles. The maximum absolute atomic E-state index is 12.1. The number of urea groups is 1. The molecule has 0 bridgehead atoms. The number of aromatic nitrogens is 5. The minimum Gasteiger partial charge on any atom is -0.335 e. The highest BCUT2D eigenvalue weighted by Gasteiger charge is 2.26. The Bertz CT molecular complexity index is 582. The summed E-state index contributed by atoms with van der Waals surface area (Å²) in [5, 5.41) is 13.2. The van der Waals surface area contributed by atoms with Gasteiger partial charge in [0.1, 0.15) is 0 Å². The van der Waals surface area contributed by atoms with Crippen molar-refractivity contribution in [3.8, 4) is 0 Å². The lowest BCUT2D eigenvalue weighted by Gasteiger charge is -2.31. The monoisotopic (exact) mass is 291 g/mol. The molecule has 8 nitrogen and oxygen atoms in total. The van der Waals surface area contributed by atoms with Gasteiger partial charge in [0.15, 0.2) is 5.82 Å². The van der Waals surface area contributed by atoms with Gasteiger partial charge >= 0.3 is 6.03 Å². The molecule has 114 valence electrons. The highest BCUT2D eigenvalue weighted by molar-refractivity contribution is 5.88. The highest BCUT2D eigenvalue weighted by atomic mass is 16.2. The largest absolute Gasteiger partial charge is 0.335 e. The van der Waals surface area contributed by atoms with Gasteiger partial charge in [-0.3, -0.25) is 10.00 Å². The molecule has 0 fully saturated rings. The quantitative estimate of drug-likeness (QED) is 0.887. The van der Waals surface area contributed by atoms with Crippen LogP contribution >= 0.6 is 0 Å². The van der Waals surface area contributed by atoms with Crippen molar-refractivity contribution >= 4 is 11.8 Å². The van der Waals surface area contributed by atoms with Crippen molar-refractivity contribution in [3.63, 3.8) is 0 Å². The Morgan fingerprint density at radius 3 is 2.71 bits per heavy atom. The zero-order valence-corrected chi connectivity index (χ0v) is 12.7. The number of aryl methyl sites for hydroxylation is 1. The first-order valence-corrected chi connectivity index (χ1v) is 6.74. The summed E-state index contributed by atoms with van der Waals surface area (Å²) in [7, 11) is 1.74. The van der Waals surface area contributed by atoms with E-state index in [1.165, 1.54) is 4.68 Å². The van der Waals surface area contributed by atoms with Crippen LogP contribution in [-0.4, -0.2) is 36.6 Å². The van der Waals surface area contributed by atoms with E-state index in [2.05, 4.69) is 46.7 Å². The lowest BCUT2D eigenvalue weighted by molar-refractivity contribution is 0.218. The van der Waals surface area contributed by atoms with Crippen LogP contribution in [0, 0.1) is 5.41 Å². The first-order chi connectivity index (χ1) is 9.84. The van der Waals surface area contributed by atoms with Gasteiger partial charge < -0.3 is 9.88 Å². The van der Waals surface area contributed by atoms with Gasteiger partial charge in [-0.25, -0.2) is 9.78 Å². The molecule has 0 aromatic carbocycles. The molecule has 8 heteroatoms. The number of nitrogens with one attached hydrogen (secondary N) is 2. The maximum atomic E-state index is 12.1. The number of rotatable bonds is 4. The average molecular weight is 291 g/mol. The molecule has 0 spiro atoms. The van der Waals surface area contributed by atoms with E-state index in [0.29, 0.717) is 12.4 Å². The average Bonchev–Trinajstić information content (AvgIpc) is 2.99. The van der Waals surface area contributed by atoms with Gasteiger partial charge in [0.25, 0.3) is 0 Å². The fourth-order valence-electron chi connectivity index (χ4n) is 1.86. The fourth-order valence-corrected chi connectivity index (χ4v) is 1.86. The summed E-state index contributed by atoms with van der Waals surface area (Å²) in [6.07, 6.45) is 6.98. The van der Waals surface area contributed by atoms with E-state index in [9.17, 15) is 4.79 Å². The van der Waals surface area contributed by atoms with Gasteiger partial charge in [0.05, 0.1) is 18.6 Å². The van der Waals surface area contributed by atoms with Gasteiger partial charge in [-0.15, -0.1) is 5.10 Å². The van der Waals surface area contributed by atoms with E-state index in [1.807, 2.05) is 10.8 Å². The van der Waals surface area contributed by atoms with Crippen molar-refractivity contribution in [2.24, 2.45) is 12.5 Å². The molecule has 2 aromatic rings. The minimum atomic E-state index is -0.296. The fraction of sp³-hybridized carbons (Fsp3) is 0.538. The van der Waals surface area contributed by atoms with E-state index in [0.717, 1.165) is 0 Å². The first-order valence-electron chi connectivity index (χ1n) is 6.74. The van der Waals surface area contributed by atoms with Crippen molar-refractivity contribution in [2.45, 2.75) is 33.4 Å². The summed E-state index contributed by atoms with van der Waals surface area (Å²) >= 11 is 0. The number of imidazole rings is 1. The third-order valence-corrected chi connectivity index (χ3v) is 3.15. The second kappa shape index (κ2) is 5.94. The molecule has 2 aromatic heterocycles. The van der Waals surface area contributed by atoms with Gasteiger partial charge in [0, 0.05) is 26.0 Å². The van der Waals surface area contributed by atoms with E-state index < -0.39 is 0 Å². The van der Waals surface area contributed by atoms with Crippen LogP contribution in [0.1, 0.15) is 20.8 Å². The van der Waals surface area contributed by atoms with Crippen molar-refractivity contribution in [3.05, 3.63) is 24.9 Å². The smallest absolute Gasteiger partial charge is 0.320 e. The zero-order valence-electron chi connectivity index (χ0n) is 12.7. The third kappa shape index (κ3) is 4.30. The predicted octanol–water partition coefficient (Wildman–Crippen LogP) is 1.25. The third-order valence-electron chi connectivity index (χ3n) is 3.15. The van der Waals surface area contributed by atoms with E-state index in [-0.39, 0.29) is 17.5 Å². The molecule has 1 atom stereocenters.